The fourth-order valence-electron chi connectivity index (χ4n) is 2.24. The third kappa shape index (κ3) is 3.35. The van der Waals surface area contributed by atoms with E-state index in [1.54, 1.807) is 18.0 Å². The van der Waals surface area contributed by atoms with Gasteiger partial charge in [0.25, 0.3) is 0 Å². The quantitative estimate of drug-likeness (QED) is 0.868. The number of aliphatic hydroxyl groups is 1. The van der Waals surface area contributed by atoms with Gasteiger partial charge in [0.2, 0.25) is 0 Å². The van der Waals surface area contributed by atoms with E-state index in [0.717, 1.165) is 18.5 Å². The first-order valence-electron chi connectivity index (χ1n) is 6.50. The van der Waals surface area contributed by atoms with E-state index in [1.165, 1.54) is 5.56 Å². The van der Waals surface area contributed by atoms with E-state index in [4.69, 9.17) is 4.74 Å². The number of benzene rings is 1. The van der Waals surface area contributed by atoms with E-state index in [9.17, 15) is 5.11 Å². The van der Waals surface area contributed by atoms with Crippen LogP contribution < -0.4 is 4.74 Å². The van der Waals surface area contributed by atoms with Gasteiger partial charge in [-0.3, -0.25) is 4.68 Å². The number of hydrogen-bond donors (Lipinski definition) is 1. The van der Waals surface area contributed by atoms with Crippen molar-refractivity contribution in [3.8, 4) is 5.75 Å². The Balaban J connectivity index is 1.91. The van der Waals surface area contributed by atoms with Gasteiger partial charge in [0.1, 0.15) is 5.69 Å². The Morgan fingerprint density at radius 2 is 2.05 bits per heavy atom. The summed E-state index contributed by atoms with van der Waals surface area (Å²) in [5, 5.41) is 14.3. The van der Waals surface area contributed by atoms with Crippen molar-refractivity contribution in [3.05, 3.63) is 47.8 Å². The Bertz CT molecular complexity index is 508. The molecule has 2 rings (SSSR count). The number of aliphatic hydroxyl groups excluding tert-OH is 1. The van der Waals surface area contributed by atoms with Crippen LogP contribution in [0.25, 0.3) is 0 Å². The van der Waals surface area contributed by atoms with Crippen molar-refractivity contribution in [2.75, 3.05) is 7.11 Å². The van der Waals surface area contributed by atoms with Crippen molar-refractivity contribution in [2.24, 2.45) is 7.05 Å². The summed E-state index contributed by atoms with van der Waals surface area (Å²) in [6, 6.07) is 10.3. The predicted molar refractivity (Wildman–Crippen MR) is 74.1 cm³/mol. The van der Waals surface area contributed by atoms with Gasteiger partial charge >= 0.3 is 0 Å². The van der Waals surface area contributed by atoms with Crippen molar-refractivity contribution >= 4 is 0 Å². The Labute approximate surface area is 113 Å². The second kappa shape index (κ2) is 6.38. The molecule has 1 N–H and O–H groups in total. The lowest BCUT2D eigenvalue weighted by molar-refractivity contribution is 0.151. The fourth-order valence-corrected chi connectivity index (χ4v) is 2.24. The molecule has 19 heavy (non-hydrogen) atoms. The lowest BCUT2D eigenvalue weighted by Crippen LogP contribution is -2.07. The van der Waals surface area contributed by atoms with E-state index in [2.05, 4.69) is 17.2 Å². The zero-order chi connectivity index (χ0) is 13.7. The molecule has 0 spiro atoms. The molecule has 0 fully saturated rings. The second-order valence-corrected chi connectivity index (χ2v) is 4.62. The van der Waals surface area contributed by atoms with Crippen LogP contribution in [0, 0.1) is 0 Å². The maximum absolute atomic E-state index is 10.2. The molecule has 102 valence electrons. The van der Waals surface area contributed by atoms with Crippen LogP contribution in [-0.2, 0) is 13.5 Å². The zero-order valence-corrected chi connectivity index (χ0v) is 11.4. The standard InChI is InChI=1S/C15H20N2O2/c1-17-15(14(19-2)11-16-17)13(18)10-6-9-12-7-4-3-5-8-12/h3-5,7-8,11,13,18H,6,9-10H2,1-2H3. The average molecular weight is 260 g/mol. The summed E-state index contributed by atoms with van der Waals surface area (Å²) in [4.78, 5) is 0. The summed E-state index contributed by atoms with van der Waals surface area (Å²) >= 11 is 0. The van der Waals surface area contributed by atoms with Crippen molar-refractivity contribution in [2.45, 2.75) is 25.4 Å². The van der Waals surface area contributed by atoms with E-state index in [0.29, 0.717) is 12.2 Å². The number of methoxy groups -OCH3 is 1. The number of rotatable bonds is 6. The number of ether oxygens (including phenoxy) is 1. The number of aryl methyl sites for hydroxylation is 2. The third-order valence-electron chi connectivity index (χ3n) is 3.27. The Morgan fingerprint density at radius 1 is 1.32 bits per heavy atom. The van der Waals surface area contributed by atoms with E-state index in [1.807, 2.05) is 25.2 Å². The lowest BCUT2D eigenvalue weighted by Gasteiger charge is -2.12. The summed E-state index contributed by atoms with van der Waals surface area (Å²) in [6.45, 7) is 0. The van der Waals surface area contributed by atoms with Crippen LogP contribution in [0.4, 0.5) is 0 Å². The first-order chi connectivity index (χ1) is 9.22. The number of hydrogen-bond acceptors (Lipinski definition) is 3. The van der Waals surface area contributed by atoms with E-state index < -0.39 is 6.10 Å². The molecule has 1 heterocycles. The van der Waals surface area contributed by atoms with Crippen LogP contribution in [0.1, 0.15) is 30.2 Å². The van der Waals surface area contributed by atoms with Crippen molar-refractivity contribution < 1.29 is 9.84 Å². The highest BCUT2D eigenvalue weighted by Gasteiger charge is 2.17. The fraction of sp³-hybridized carbons (Fsp3) is 0.400. The van der Waals surface area contributed by atoms with Crippen LogP contribution in [-0.4, -0.2) is 22.0 Å². The highest BCUT2D eigenvalue weighted by atomic mass is 16.5. The Hall–Kier alpha value is -1.81. The van der Waals surface area contributed by atoms with Gasteiger partial charge in [-0.2, -0.15) is 5.10 Å². The molecule has 4 heteroatoms. The molecule has 1 aromatic heterocycles. The maximum Gasteiger partial charge on any atom is 0.162 e. The van der Waals surface area contributed by atoms with Crippen LogP contribution in [0.5, 0.6) is 5.75 Å². The van der Waals surface area contributed by atoms with Gasteiger partial charge in [-0.25, -0.2) is 0 Å². The molecule has 0 saturated carbocycles. The van der Waals surface area contributed by atoms with E-state index in [-0.39, 0.29) is 0 Å². The molecule has 0 amide bonds. The van der Waals surface area contributed by atoms with Crippen molar-refractivity contribution in [1.29, 1.82) is 0 Å². The maximum atomic E-state index is 10.2. The molecule has 0 radical (unpaired) electrons. The summed E-state index contributed by atoms with van der Waals surface area (Å²) < 4.78 is 6.88. The summed E-state index contributed by atoms with van der Waals surface area (Å²) in [7, 11) is 3.41. The van der Waals surface area contributed by atoms with Gasteiger partial charge in [0, 0.05) is 7.05 Å². The Morgan fingerprint density at radius 3 is 2.74 bits per heavy atom. The molecular weight excluding hydrogens is 240 g/mol. The molecule has 0 aliphatic heterocycles. The van der Waals surface area contributed by atoms with Gasteiger partial charge in [-0.1, -0.05) is 30.3 Å². The topological polar surface area (TPSA) is 47.3 Å². The smallest absolute Gasteiger partial charge is 0.162 e. The highest BCUT2D eigenvalue weighted by molar-refractivity contribution is 5.27. The molecule has 1 aromatic carbocycles. The van der Waals surface area contributed by atoms with Gasteiger partial charge < -0.3 is 9.84 Å². The number of nitrogens with zero attached hydrogens (tertiary/aromatic N) is 2. The SMILES string of the molecule is COc1cnn(C)c1C(O)CCCc1ccccc1. The normalized spacial score (nSPS) is 12.4. The lowest BCUT2D eigenvalue weighted by atomic mass is 10.0. The molecule has 0 saturated heterocycles. The monoisotopic (exact) mass is 260 g/mol. The number of aromatic nitrogens is 2. The van der Waals surface area contributed by atoms with Crippen molar-refractivity contribution in [1.82, 2.24) is 9.78 Å². The molecule has 4 nitrogen and oxygen atoms in total. The van der Waals surface area contributed by atoms with Gasteiger partial charge in [-0.15, -0.1) is 0 Å². The zero-order valence-electron chi connectivity index (χ0n) is 11.4. The van der Waals surface area contributed by atoms with E-state index >= 15 is 0 Å². The van der Waals surface area contributed by atoms with Crippen LogP contribution in [0.3, 0.4) is 0 Å². The predicted octanol–water partition coefficient (Wildman–Crippen LogP) is 2.49. The molecular formula is C15H20N2O2. The largest absolute Gasteiger partial charge is 0.493 e. The molecule has 1 unspecified atom stereocenters. The summed E-state index contributed by atoms with van der Waals surface area (Å²) in [6.07, 6.45) is 3.70. The van der Waals surface area contributed by atoms with Crippen LogP contribution in [0.15, 0.2) is 36.5 Å². The third-order valence-corrected chi connectivity index (χ3v) is 3.27. The van der Waals surface area contributed by atoms with Gasteiger partial charge in [0.15, 0.2) is 5.75 Å². The van der Waals surface area contributed by atoms with Crippen LogP contribution in [0.2, 0.25) is 0 Å². The minimum atomic E-state index is -0.536. The molecule has 2 aromatic rings. The minimum Gasteiger partial charge on any atom is -0.493 e. The van der Waals surface area contributed by atoms with Crippen molar-refractivity contribution in [3.63, 3.8) is 0 Å². The van der Waals surface area contributed by atoms with Gasteiger partial charge in [-0.05, 0) is 24.8 Å². The first kappa shape index (κ1) is 13.6. The van der Waals surface area contributed by atoms with Crippen LogP contribution >= 0.6 is 0 Å². The Kier molecular flexibility index (Phi) is 4.58. The average Bonchev–Trinajstić information content (AvgIpc) is 2.81. The first-order valence-corrected chi connectivity index (χ1v) is 6.50. The summed E-state index contributed by atoms with van der Waals surface area (Å²) in [5.74, 6) is 0.648. The van der Waals surface area contributed by atoms with Gasteiger partial charge in [0.05, 0.1) is 19.4 Å². The molecule has 1 atom stereocenters. The second-order valence-electron chi connectivity index (χ2n) is 4.62. The summed E-state index contributed by atoms with van der Waals surface area (Å²) in [5.41, 5.74) is 2.04. The molecule has 0 bridgehead atoms. The minimum absolute atomic E-state index is 0.536. The highest BCUT2D eigenvalue weighted by Crippen LogP contribution is 2.27. The molecule has 0 aliphatic rings. The molecule has 0 aliphatic carbocycles.